The van der Waals surface area contributed by atoms with Crippen LogP contribution in [0, 0.1) is 0 Å². The normalized spacial score (nSPS) is 13.8. The summed E-state index contributed by atoms with van der Waals surface area (Å²) >= 11 is 0. The topological polar surface area (TPSA) is 42.8 Å². The molecule has 0 saturated heterocycles. The van der Waals surface area contributed by atoms with Crippen molar-refractivity contribution in [2.24, 2.45) is 0 Å². The van der Waals surface area contributed by atoms with E-state index < -0.39 is 0 Å². The van der Waals surface area contributed by atoms with Gasteiger partial charge in [-0.1, -0.05) is 0 Å². The Labute approximate surface area is 51.5 Å². The SMILES string of the molecule is C1=C[N+]=c2nc[nH]c2=C1. The van der Waals surface area contributed by atoms with Gasteiger partial charge in [-0.25, -0.2) is 0 Å². The van der Waals surface area contributed by atoms with Crippen molar-refractivity contribution in [3.05, 3.63) is 29.4 Å². The van der Waals surface area contributed by atoms with Gasteiger partial charge in [0.25, 0.3) is 0 Å². The number of aromatic amines is 1. The van der Waals surface area contributed by atoms with Gasteiger partial charge in [0.1, 0.15) is 11.5 Å². The van der Waals surface area contributed by atoms with Crippen LogP contribution in [0.3, 0.4) is 0 Å². The Morgan fingerprint density at radius 2 is 2.56 bits per heavy atom. The van der Waals surface area contributed by atoms with E-state index in [0.29, 0.717) is 0 Å². The molecule has 1 aliphatic rings. The van der Waals surface area contributed by atoms with E-state index in [0.717, 1.165) is 10.8 Å². The van der Waals surface area contributed by atoms with Crippen LogP contribution in [0.15, 0.2) is 18.6 Å². The largest absolute Gasteiger partial charge is 0.389 e. The lowest BCUT2D eigenvalue weighted by molar-refractivity contribution is 1.08. The molecular weight excluding hydrogens is 114 g/mol. The van der Waals surface area contributed by atoms with Gasteiger partial charge in [-0.05, 0) is 22.1 Å². The summed E-state index contributed by atoms with van der Waals surface area (Å²) in [6.45, 7) is 0. The quantitative estimate of drug-likeness (QED) is 0.452. The Hall–Kier alpha value is -1.38. The maximum absolute atomic E-state index is 4.00. The molecule has 1 aliphatic heterocycles. The number of nitrogens with zero attached hydrogens (tertiary/aromatic N) is 2. The number of hydrogen-bond donors (Lipinski definition) is 1. The fraction of sp³-hybridized carbons (Fsp3) is 0. The average Bonchev–Trinajstić information content (AvgIpc) is 2.33. The van der Waals surface area contributed by atoms with Gasteiger partial charge >= 0.3 is 5.49 Å². The smallest absolute Gasteiger partial charge is 0.318 e. The van der Waals surface area contributed by atoms with Gasteiger partial charge in [0.05, 0.1) is 0 Å². The van der Waals surface area contributed by atoms with Gasteiger partial charge in [0.15, 0.2) is 0 Å². The molecule has 0 unspecified atom stereocenters. The van der Waals surface area contributed by atoms with Crippen molar-refractivity contribution in [3.8, 4) is 0 Å². The minimum Gasteiger partial charge on any atom is -0.318 e. The summed E-state index contributed by atoms with van der Waals surface area (Å²) < 4.78 is 0. The molecule has 0 amide bonds. The zero-order chi connectivity index (χ0) is 6.10. The van der Waals surface area contributed by atoms with Crippen LogP contribution in [0.2, 0.25) is 0 Å². The summed E-state index contributed by atoms with van der Waals surface area (Å²) in [4.78, 5) is 10.9. The van der Waals surface area contributed by atoms with E-state index in [2.05, 4.69) is 15.0 Å². The summed E-state index contributed by atoms with van der Waals surface area (Å²) in [5.41, 5.74) is 0.775. The number of allylic oxidation sites excluding steroid dienone is 1. The Morgan fingerprint density at radius 1 is 1.56 bits per heavy atom. The maximum atomic E-state index is 4.00. The zero-order valence-electron chi connectivity index (χ0n) is 4.70. The number of aromatic nitrogens is 2. The Kier molecular flexibility index (Phi) is 0.773. The molecule has 0 aromatic carbocycles. The summed E-state index contributed by atoms with van der Waals surface area (Å²) in [5.74, 6) is 0. The van der Waals surface area contributed by atoms with Crippen molar-refractivity contribution in [2.75, 3.05) is 0 Å². The zero-order valence-corrected chi connectivity index (χ0v) is 4.70. The Bertz CT molecular complexity index is 312. The van der Waals surface area contributed by atoms with Gasteiger partial charge in [0.2, 0.25) is 6.33 Å². The lowest BCUT2D eigenvalue weighted by Crippen LogP contribution is -2.30. The molecule has 2 rings (SSSR count). The van der Waals surface area contributed by atoms with Gasteiger partial charge in [-0.15, -0.1) is 0 Å². The first-order chi connectivity index (χ1) is 4.47. The molecule has 3 nitrogen and oxygen atoms in total. The van der Waals surface area contributed by atoms with Crippen molar-refractivity contribution in [2.45, 2.75) is 0 Å². The minimum absolute atomic E-state index is 0.775. The van der Waals surface area contributed by atoms with Crippen LogP contribution in [0.1, 0.15) is 0 Å². The van der Waals surface area contributed by atoms with Crippen LogP contribution < -0.4 is 15.8 Å². The third-order valence-electron chi connectivity index (χ3n) is 1.19. The Balaban J connectivity index is 2.99. The highest BCUT2D eigenvalue weighted by Crippen LogP contribution is 1.69. The lowest BCUT2D eigenvalue weighted by atomic mass is 10.4. The molecule has 3 heteroatoms. The first-order valence-electron chi connectivity index (χ1n) is 2.71. The van der Waals surface area contributed by atoms with E-state index in [1.54, 1.807) is 12.5 Å². The molecule has 1 aromatic heterocycles. The summed E-state index contributed by atoms with van der Waals surface area (Å²) in [6.07, 6.45) is 7.18. The molecule has 2 heterocycles. The van der Waals surface area contributed by atoms with Gasteiger partial charge in [-0.2, -0.15) is 0 Å². The number of fused-ring (bicyclic) bond motifs is 1. The first-order valence-corrected chi connectivity index (χ1v) is 2.71. The molecular formula is C6H5N3+. The monoisotopic (exact) mass is 119 g/mol. The third-order valence-corrected chi connectivity index (χ3v) is 1.19. The van der Waals surface area contributed by atoms with Crippen molar-refractivity contribution in [1.29, 1.82) is 0 Å². The lowest BCUT2D eigenvalue weighted by Gasteiger charge is -1.71. The average molecular weight is 119 g/mol. The van der Waals surface area contributed by atoms with Crippen molar-refractivity contribution in [1.82, 2.24) is 15.0 Å². The van der Waals surface area contributed by atoms with Crippen LogP contribution in [0.4, 0.5) is 0 Å². The summed E-state index contributed by atoms with van der Waals surface area (Å²) in [5, 5.41) is 0.984. The molecule has 0 bridgehead atoms. The number of nitrogens with one attached hydrogen (secondary N) is 1. The predicted octanol–water partition coefficient (Wildman–Crippen LogP) is -1.33. The van der Waals surface area contributed by atoms with Gasteiger partial charge in [0, 0.05) is 0 Å². The molecule has 1 aromatic rings. The number of H-pyrrole nitrogens is 1. The third kappa shape index (κ3) is 0.579. The molecule has 0 spiro atoms. The van der Waals surface area contributed by atoms with Crippen LogP contribution in [0.25, 0.3) is 6.08 Å². The highest BCUT2D eigenvalue weighted by Gasteiger charge is 1.99. The van der Waals surface area contributed by atoms with Crippen molar-refractivity contribution >= 4 is 6.08 Å². The molecule has 9 heavy (non-hydrogen) atoms. The van der Waals surface area contributed by atoms with Gasteiger partial charge < -0.3 is 4.98 Å². The fourth-order valence-electron chi connectivity index (χ4n) is 0.775. The molecule has 1 radical (unpaired) electrons. The number of imidazole rings is 1. The van der Waals surface area contributed by atoms with E-state index in [9.17, 15) is 0 Å². The predicted molar refractivity (Wildman–Crippen MR) is 32.7 cm³/mol. The summed E-state index contributed by atoms with van der Waals surface area (Å²) in [6, 6.07) is 0. The van der Waals surface area contributed by atoms with Crippen LogP contribution >= 0.6 is 0 Å². The van der Waals surface area contributed by atoms with E-state index in [-0.39, 0.29) is 0 Å². The van der Waals surface area contributed by atoms with Crippen LogP contribution in [-0.2, 0) is 0 Å². The highest BCUT2D eigenvalue weighted by molar-refractivity contribution is 5.34. The molecule has 0 atom stereocenters. The van der Waals surface area contributed by atoms with Crippen molar-refractivity contribution in [3.63, 3.8) is 0 Å². The van der Waals surface area contributed by atoms with Crippen molar-refractivity contribution < 1.29 is 0 Å². The maximum Gasteiger partial charge on any atom is 0.389 e. The molecule has 0 aliphatic carbocycles. The minimum atomic E-state index is 0.775. The number of rotatable bonds is 0. The highest BCUT2D eigenvalue weighted by atomic mass is 14.9. The van der Waals surface area contributed by atoms with E-state index >= 15 is 0 Å². The molecule has 0 fully saturated rings. The van der Waals surface area contributed by atoms with E-state index in [1.807, 2.05) is 12.2 Å². The standard InChI is InChI=1S/C6H5N3/c1-2-5-6(7-3-1)9-4-8-5/h1-4H,(H,8,9)/q+1. The van der Waals surface area contributed by atoms with Crippen LogP contribution in [-0.4, -0.2) is 9.97 Å². The first kappa shape index (κ1) is 4.49. The fourth-order valence-corrected chi connectivity index (χ4v) is 0.775. The van der Waals surface area contributed by atoms with Crippen LogP contribution in [0.5, 0.6) is 0 Å². The second-order valence-corrected chi connectivity index (χ2v) is 1.78. The molecule has 43 valence electrons. The second-order valence-electron chi connectivity index (χ2n) is 1.78. The molecule has 0 saturated carbocycles. The second kappa shape index (κ2) is 1.55. The summed E-state index contributed by atoms with van der Waals surface area (Å²) in [7, 11) is 0. The molecule has 1 N–H and O–H groups in total. The van der Waals surface area contributed by atoms with Gasteiger partial charge in [-0.3, -0.25) is 0 Å². The van der Waals surface area contributed by atoms with E-state index in [1.165, 1.54) is 0 Å². The Morgan fingerprint density at radius 3 is 3.44 bits per heavy atom. The number of hydrogen-bond acceptors (Lipinski definition) is 2. The van der Waals surface area contributed by atoms with E-state index in [4.69, 9.17) is 0 Å².